The van der Waals surface area contributed by atoms with Crippen LogP contribution < -0.4 is 10.6 Å². The topological polar surface area (TPSA) is 44.4 Å². The molecule has 0 aromatic carbocycles. The Morgan fingerprint density at radius 1 is 1.40 bits per heavy atom. The number of nitrogens with one attached hydrogen (secondary N) is 2. The van der Waals surface area contributed by atoms with Gasteiger partial charge in [-0.1, -0.05) is 6.92 Å². The first-order chi connectivity index (χ1) is 8.66. The smallest absolute Gasteiger partial charge is 0.224 e. The van der Waals surface area contributed by atoms with Gasteiger partial charge in [0.1, 0.15) is 0 Å². The summed E-state index contributed by atoms with van der Waals surface area (Å²) in [6, 6.07) is 0.464. The van der Waals surface area contributed by atoms with Gasteiger partial charge in [-0.3, -0.25) is 9.69 Å². The molecule has 0 bridgehead atoms. The van der Waals surface area contributed by atoms with Crippen molar-refractivity contribution in [1.29, 1.82) is 0 Å². The van der Waals surface area contributed by atoms with Gasteiger partial charge in [-0.15, -0.1) is 24.8 Å². The Morgan fingerprint density at radius 3 is 2.75 bits per heavy atom. The summed E-state index contributed by atoms with van der Waals surface area (Å²) in [7, 11) is 0. The SMILES string of the molecule is CC1CCCN(C(C)CNC(=O)C2CCNC2)C1.Cl.Cl. The molecule has 0 spiro atoms. The van der Waals surface area contributed by atoms with Crippen LogP contribution in [-0.4, -0.2) is 49.6 Å². The van der Waals surface area contributed by atoms with Gasteiger partial charge in [0.15, 0.2) is 0 Å². The maximum atomic E-state index is 11.9. The highest BCUT2D eigenvalue weighted by atomic mass is 35.5. The van der Waals surface area contributed by atoms with E-state index < -0.39 is 0 Å². The minimum atomic E-state index is 0. The molecule has 2 rings (SSSR count). The van der Waals surface area contributed by atoms with Gasteiger partial charge in [0.25, 0.3) is 0 Å². The highest BCUT2D eigenvalue weighted by Crippen LogP contribution is 2.17. The molecule has 4 nitrogen and oxygen atoms in total. The van der Waals surface area contributed by atoms with E-state index >= 15 is 0 Å². The van der Waals surface area contributed by atoms with E-state index in [0.717, 1.165) is 32.0 Å². The maximum absolute atomic E-state index is 11.9. The van der Waals surface area contributed by atoms with Crippen LogP contribution in [0, 0.1) is 11.8 Å². The van der Waals surface area contributed by atoms with Crippen molar-refractivity contribution in [2.75, 3.05) is 32.7 Å². The number of hydrogen-bond acceptors (Lipinski definition) is 3. The summed E-state index contributed by atoms with van der Waals surface area (Å²) in [5, 5.41) is 6.35. The first-order valence-electron chi connectivity index (χ1n) is 7.39. The Balaban J connectivity index is 0.00000180. The van der Waals surface area contributed by atoms with Gasteiger partial charge in [-0.25, -0.2) is 0 Å². The summed E-state index contributed by atoms with van der Waals surface area (Å²) in [6.07, 6.45) is 3.64. The van der Waals surface area contributed by atoms with Crippen LogP contribution in [0.4, 0.5) is 0 Å². The first kappa shape index (κ1) is 20.0. The summed E-state index contributed by atoms with van der Waals surface area (Å²) in [5.41, 5.74) is 0. The summed E-state index contributed by atoms with van der Waals surface area (Å²) in [6.45, 7) is 9.54. The molecule has 20 heavy (non-hydrogen) atoms. The molecule has 2 aliphatic rings. The lowest BCUT2D eigenvalue weighted by atomic mass is 9.99. The molecule has 120 valence electrons. The molecule has 0 aromatic heterocycles. The minimum Gasteiger partial charge on any atom is -0.354 e. The minimum absolute atomic E-state index is 0. The van der Waals surface area contributed by atoms with E-state index in [0.29, 0.717) is 6.04 Å². The molecule has 1 amide bonds. The van der Waals surface area contributed by atoms with Gasteiger partial charge < -0.3 is 10.6 Å². The van der Waals surface area contributed by atoms with Gasteiger partial charge in [-0.05, 0) is 45.2 Å². The van der Waals surface area contributed by atoms with Crippen LogP contribution in [0.3, 0.4) is 0 Å². The fourth-order valence-corrected chi connectivity index (χ4v) is 3.03. The van der Waals surface area contributed by atoms with E-state index in [1.165, 1.54) is 25.9 Å². The number of rotatable bonds is 4. The largest absolute Gasteiger partial charge is 0.354 e. The molecule has 3 unspecified atom stereocenters. The summed E-state index contributed by atoms with van der Waals surface area (Å²) in [5.74, 6) is 1.23. The van der Waals surface area contributed by atoms with Crippen LogP contribution in [0.25, 0.3) is 0 Å². The standard InChI is InChI=1S/C14H27N3O.2ClH/c1-11-4-3-7-17(10-11)12(2)8-16-14(18)13-5-6-15-9-13;;/h11-13,15H,3-10H2,1-2H3,(H,16,18);2*1H. The van der Waals surface area contributed by atoms with Crippen molar-refractivity contribution in [2.45, 2.75) is 39.2 Å². The number of carbonyl (C=O) groups is 1. The normalized spacial score (nSPS) is 28.1. The molecule has 2 fully saturated rings. The van der Waals surface area contributed by atoms with Crippen LogP contribution in [0.2, 0.25) is 0 Å². The van der Waals surface area contributed by atoms with Gasteiger partial charge >= 0.3 is 0 Å². The van der Waals surface area contributed by atoms with Crippen molar-refractivity contribution in [3.8, 4) is 0 Å². The average molecular weight is 326 g/mol. The van der Waals surface area contributed by atoms with E-state index in [-0.39, 0.29) is 36.6 Å². The second-order valence-corrected chi connectivity index (χ2v) is 6.03. The van der Waals surface area contributed by atoms with Crippen LogP contribution in [0.5, 0.6) is 0 Å². The number of piperidine rings is 1. The van der Waals surface area contributed by atoms with Crippen molar-refractivity contribution in [1.82, 2.24) is 15.5 Å². The predicted octanol–water partition coefficient (Wildman–Crippen LogP) is 1.68. The number of hydrogen-bond donors (Lipinski definition) is 2. The van der Waals surface area contributed by atoms with Gasteiger partial charge in [0.05, 0.1) is 5.92 Å². The Labute approximate surface area is 135 Å². The van der Waals surface area contributed by atoms with E-state index in [1.807, 2.05) is 0 Å². The van der Waals surface area contributed by atoms with E-state index in [4.69, 9.17) is 0 Å². The maximum Gasteiger partial charge on any atom is 0.224 e. The molecule has 2 N–H and O–H groups in total. The zero-order valence-corrected chi connectivity index (χ0v) is 14.2. The summed E-state index contributed by atoms with van der Waals surface area (Å²) >= 11 is 0. The quantitative estimate of drug-likeness (QED) is 0.826. The number of nitrogens with zero attached hydrogens (tertiary/aromatic N) is 1. The number of likely N-dealkylation sites (tertiary alicyclic amines) is 1. The zero-order chi connectivity index (χ0) is 13.0. The van der Waals surface area contributed by atoms with Crippen molar-refractivity contribution in [3.63, 3.8) is 0 Å². The number of amides is 1. The highest BCUT2D eigenvalue weighted by molar-refractivity contribution is 5.85. The van der Waals surface area contributed by atoms with Gasteiger partial charge in [-0.2, -0.15) is 0 Å². The Kier molecular flexibility index (Phi) is 9.81. The monoisotopic (exact) mass is 325 g/mol. The lowest BCUT2D eigenvalue weighted by Crippen LogP contribution is -2.47. The van der Waals surface area contributed by atoms with Gasteiger partial charge in [0, 0.05) is 25.7 Å². The van der Waals surface area contributed by atoms with Crippen LogP contribution in [0.15, 0.2) is 0 Å². The zero-order valence-electron chi connectivity index (χ0n) is 12.6. The van der Waals surface area contributed by atoms with E-state index in [2.05, 4.69) is 29.4 Å². The molecule has 0 aliphatic carbocycles. The van der Waals surface area contributed by atoms with Crippen molar-refractivity contribution in [3.05, 3.63) is 0 Å². The Bertz CT molecular complexity index is 286. The average Bonchev–Trinajstić information content (AvgIpc) is 2.89. The molecule has 0 aromatic rings. The van der Waals surface area contributed by atoms with Crippen LogP contribution in [0.1, 0.15) is 33.1 Å². The molecule has 2 heterocycles. The van der Waals surface area contributed by atoms with Crippen LogP contribution in [-0.2, 0) is 4.79 Å². The second kappa shape index (κ2) is 9.82. The molecular formula is C14H29Cl2N3O. The highest BCUT2D eigenvalue weighted by Gasteiger charge is 2.24. The second-order valence-electron chi connectivity index (χ2n) is 6.03. The Morgan fingerprint density at radius 2 is 2.15 bits per heavy atom. The molecule has 0 saturated carbocycles. The molecular weight excluding hydrogens is 297 g/mol. The van der Waals surface area contributed by atoms with Crippen molar-refractivity contribution in [2.24, 2.45) is 11.8 Å². The van der Waals surface area contributed by atoms with E-state index in [9.17, 15) is 4.79 Å². The molecule has 6 heteroatoms. The van der Waals surface area contributed by atoms with Crippen LogP contribution >= 0.6 is 24.8 Å². The lowest BCUT2D eigenvalue weighted by molar-refractivity contribution is -0.124. The van der Waals surface area contributed by atoms with Crippen molar-refractivity contribution < 1.29 is 4.79 Å². The number of halogens is 2. The predicted molar refractivity (Wildman–Crippen MR) is 87.9 cm³/mol. The molecule has 2 aliphatic heterocycles. The fourth-order valence-electron chi connectivity index (χ4n) is 3.03. The summed E-state index contributed by atoms with van der Waals surface area (Å²) in [4.78, 5) is 14.4. The molecule has 3 atom stereocenters. The molecule has 2 saturated heterocycles. The fraction of sp³-hybridized carbons (Fsp3) is 0.929. The van der Waals surface area contributed by atoms with E-state index in [1.54, 1.807) is 0 Å². The van der Waals surface area contributed by atoms with Gasteiger partial charge in [0.2, 0.25) is 5.91 Å². The summed E-state index contributed by atoms with van der Waals surface area (Å²) < 4.78 is 0. The third-order valence-corrected chi connectivity index (χ3v) is 4.31. The Hall–Kier alpha value is -0.0300. The molecule has 0 radical (unpaired) electrons. The number of carbonyl (C=O) groups excluding carboxylic acids is 1. The van der Waals surface area contributed by atoms with Crippen molar-refractivity contribution >= 4 is 30.7 Å². The third-order valence-electron chi connectivity index (χ3n) is 4.31. The third kappa shape index (κ3) is 5.76. The lowest BCUT2D eigenvalue weighted by Gasteiger charge is -2.35. The first-order valence-corrected chi connectivity index (χ1v) is 7.39.